The monoisotopic (exact) mass is 459 g/mol. The topological polar surface area (TPSA) is 71.2 Å². The smallest absolute Gasteiger partial charge is 0.267 e. The number of nitrogens with one attached hydrogen (secondary N) is 2. The van der Waals surface area contributed by atoms with Gasteiger partial charge in [-0.2, -0.15) is 0 Å². The molecule has 166 valence electrons. The molecule has 0 radical (unpaired) electrons. The van der Waals surface area contributed by atoms with Gasteiger partial charge >= 0.3 is 0 Å². The lowest BCUT2D eigenvalue weighted by Crippen LogP contribution is -2.44. The van der Waals surface area contributed by atoms with E-state index >= 15 is 0 Å². The zero-order valence-electron chi connectivity index (χ0n) is 18.1. The van der Waals surface area contributed by atoms with E-state index in [-0.39, 0.29) is 17.7 Å². The minimum atomic E-state index is -4.55. The molecular weight excluding hydrogens is 438 g/mol. The Kier molecular flexibility index (Phi) is 5.03. The fourth-order valence-electron chi connectivity index (χ4n) is 3.38. The second-order valence-electron chi connectivity index (χ2n) is 6.88. The van der Waals surface area contributed by atoms with Crippen LogP contribution in [-0.4, -0.2) is 38.9 Å². The SMILES string of the molecule is [2H]C([2H])([2H])O[C@@]1(C(F)F)CCc2c(S(=O)(=O)Nc3cc(F)c(CC(F)F)cc3F)c[nH]c2C1. The third-order valence-corrected chi connectivity index (χ3v) is 6.39. The van der Waals surface area contributed by atoms with E-state index in [2.05, 4.69) is 9.72 Å². The molecule has 30 heavy (non-hydrogen) atoms. The number of hydrogen-bond donors (Lipinski definition) is 2. The number of anilines is 1. The van der Waals surface area contributed by atoms with Crippen molar-refractivity contribution in [3.63, 3.8) is 0 Å². The predicted molar refractivity (Wildman–Crippen MR) is 95.4 cm³/mol. The number of methoxy groups -OCH3 is 1. The summed E-state index contributed by atoms with van der Waals surface area (Å²) in [7, 11) is -7.67. The van der Waals surface area contributed by atoms with Gasteiger partial charge in [-0.05, 0) is 30.0 Å². The number of hydrogen-bond acceptors (Lipinski definition) is 3. The average Bonchev–Trinajstić information content (AvgIpc) is 3.07. The van der Waals surface area contributed by atoms with Gasteiger partial charge in [0.15, 0.2) is 0 Å². The first-order chi connectivity index (χ1) is 15.1. The number of alkyl halides is 4. The fourth-order valence-corrected chi connectivity index (χ4v) is 4.70. The molecule has 0 bridgehead atoms. The highest BCUT2D eigenvalue weighted by molar-refractivity contribution is 7.92. The van der Waals surface area contributed by atoms with Crippen molar-refractivity contribution in [3.8, 4) is 0 Å². The van der Waals surface area contributed by atoms with Crippen LogP contribution in [0.4, 0.5) is 32.0 Å². The van der Waals surface area contributed by atoms with Crippen LogP contribution < -0.4 is 4.72 Å². The van der Waals surface area contributed by atoms with Crippen LogP contribution in [0.3, 0.4) is 0 Å². The van der Waals surface area contributed by atoms with Crippen molar-refractivity contribution in [3.05, 3.63) is 46.8 Å². The summed E-state index contributed by atoms with van der Waals surface area (Å²) in [5.74, 6) is -2.53. The summed E-state index contributed by atoms with van der Waals surface area (Å²) < 4.78 is 134. The molecule has 2 aromatic rings. The number of benzene rings is 1. The van der Waals surface area contributed by atoms with Gasteiger partial charge in [-0.25, -0.2) is 34.8 Å². The first-order valence-corrected chi connectivity index (χ1v) is 10.1. The van der Waals surface area contributed by atoms with E-state index < -0.39 is 82.6 Å². The third kappa shape index (κ3) is 4.15. The summed E-state index contributed by atoms with van der Waals surface area (Å²) in [4.78, 5) is 2.06. The van der Waals surface area contributed by atoms with Crippen molar-refractivity contribution < 1.29 is 43.6 Å². The molecule has 1 aliphatic rings. The Labute approximate surface area is 172 Å². The lowest BCUT2D eigenvalue weighted by Gasteiger charge is -2.35. The molecule has 1 aromatic heterocycles. The number of aromatic amines is 1. The molecule has 0 spiro atoms. The van der Waals surface area contributed by atoms with Crippen LogP contribution in [0.1, 0.15) is 27.4 Å². The summed E-state index contributed by atoms with van der Waals surface area (Å²) in [5.41, 5.74) is -3.79. The molecule has 0 saturated heterocycles. The van der Waals surface area contributed by atoms with Gasteiger partial charge in [0, 0.05) is 37.8 Å². The molecule has 0 amide bonds. The Balaban J connectivity index is 1.90. The van der Waals surface area contributed by atoms with Gasteiger partial charge in [0.25, 0.3) is 16.4 Å². The van der Waals surface area contributed by atoms with E-state index in [0.29, 0.717) is 12.1 Å². The zero-order valence-corrected chi connectivity index (χ0v) is 15.9. The van der Waals surface area contributed by atoms with E-state index in [1.165, 1.54) is 0 Å². The highest BCUT2D eigenvalue weighted by atomic mass is 32.2. The first-order valence-electron chi connectivity index (χ1n) is 10.1. The van der Waals surface area contributed by atoms with Crippen molar-refractivity contribution >= 4 is 15.7 Å². The summed E-state index contributed by atoms with van der Waals surface area (Å²) >= 11 is 0. The second kappa shape index (κ2) is 8.14. The molecule has 3 rings (SSSR count). The van der Waals surface area contributed by atoms with Crippen molar-refractivity contribution in [2.75, 3.05) is 11.8 Å². The minimum absolute atomic E-state index is 0.00916. The number of fused-ring (bicyclic) bond motifs is 1. The highest BCUT2D eigenvalue weighted by Gasteiger charge is 2.45. The Morgan fingerprint density at radius 3 is 2.63 bits per heavy atom. The normalized spacial score (nSPS) is 21.3. The molecule has 1 heterocycles. The van der Waals surface area contributed by atoms with Crippen LogP contribution >= 0.6 is 0 Å². The van der Waals surface area contributed by atoms with E-state index in [9.17, 15) is 34.8 Å². The Morgan fingerprint density at radius 1 is 1.27 bits per heavy atom. The number of rotatable bonds is 7. The summed E-state index contributed by atoms with van der Waals surface area (Å²) in [5, 5.41) is 0. The molecule has 1 aromatic carbocycles. The van der Waals surface area contributed by atoms with Gasteiger partial charge in [0.2, 0.25) is 6.43 Å². The number of halogens is 6. The van der Waals surface area contributed by atoms with Gasteiger partial charge in [-0.1, -0.05) is 0 Å². The molecule has 2 N–H and O–H groups in total. The highest BCUT2D eigenvalue weighted by Crippen LogP contribution is 2.38. The Morgan fingerprint density at radius 2 is 2.00 bits per heavy atom. The molecule has 0 unspecified atom stereocenters. The van der Waals surface area contributed by atoms with Crippen LogP contribution in [-0.2, 0) is 34.0 Å². The maximum absolute atomic E-state index is 14.2. The van der Waals surface area contributed by atoms with Gasteiger partial charge in [-0.15, -0.1) is 0 Å². The van der Waals surface area contributed by atoms with E-state index in [4.69, 9.17) is 4.11 Å². The zero-order chi connectivity index (χ0) is 24.8. The van der Waals surface area contributed by atoms with E-state index in [1.807, 2.05) is 4.72 Å². The molecular formula is C18H18F6N2O3S. The molecule has 0 saturated carbocycles. The van der Waals surface area contributed by atoms with Crippen LogP contribution in [0, 0.1) is 11.6 Å². The summed E-state index contributed by atoms with van der Waals surface area (Å²) in [6.45, 7) is 0. The second-order valence-corrected chi connectivity index (χ2v) is 8.53. The molecule has 12 heteroatoms. The van der Waals surface area contributed by atoms with E-state index in [1.54, 1.807) is 0 Å². The van der Waals surface area contributed by atoms with Crippen LogP contribution in [0.15, 0.2) is 23.2 Å². The van der Waals surface area contributed by atoms with Gasteiger partial charge < -0.3 is 9.72 Å². The summed E-state index contributed by atoms with van der Waals surface area (Å²) in [6, 6.07) is 0.880. The summed E-state index contributed by atoms with van der Waals surface area (Å²) in [6.07, 6.45) is -7.69. The van der Waals surface area contributed by atoms with Crippen molar-refractivity contribution in [2.45, 2.75) is 49.0 Å². The molecule has 1 aliphatic carbocycles. The van der Waals surface area contributed by atoms with Crippen molar-refractivity contribution in [1.29, 1.82) is 0 Å². The van der Waals surface area contributed by atoms with Gasteiger partial charge in [-0.3, -0.25) is 4.72 Å². The Hall–Kier alpha value is -2.21. The molecule has 0 fully saturated rings. The quantitative estimate of drug-likeness (QED) is 0.614. The van der Waals surface area contributed by atoms with Gasteiger partial charge in [0.1, 0.15) is 22.1 Å². The Bertz CT molecular complexity index is 1140. The third-order valence-electron chi connectivity index (χ3n) is 4.96. The number of H-pyrrole nitrogens is 1. The number of ether oxygens (including phenoxy) is 1. The lowest BCUT2D eigenvalue weighted by atomic mass is 9.84. The van der Waals surface area contributed by atoms with Crippen molar-refractivity contribution in [1.82, 2.24) is 4.98 Å². The number of sulfonamides is 1. The molecule has 5 nitrogen and oxygen atoms in total. The lowest BCUT2D eigenvalue weighted by molar-refractivity contribution is -0.128. The maximum atomic E-state index is 14.2. The van der Waals surface area contributed by atoms with Crippen LogP contribution in [0.5, 0.6) is 0 Å². The first kappa shape index (κ1) is 18.6. The van der Waals surface area contributed by atoms with Gasteiger partial charge in [0.05, 0.1) is 9.80 Å². The van der Waals surface area contributed by atoms with Crippen molar-refractivity contribution in [2.24, 2.45) is 0 Å². The largest absolute Gasteiger partial charge is 0.372 e. The fraction of sp³-hybridized carbons (Fsp3) is 0.444. The minimum Gasteiger partial charge on any atom is -0.372 e. The maximum Gasteiger partial charge on any atom is 0.267 e. The molecule has 0 aliphatic heterocycles. The van der Waals surface area contributed by atoms with Crippen LogP contribution in [0.25, 0.3) is 0 Å². The number of aromatic nitrogens is 1. The van der Waals surface area contributed by atoms with Crippen LogP contribution in [0.2, 0.25) is 0 Å². The molecule has 1 atom stereocenters. The standard InChI is InChI=1S/C18H18F6N2O3S/c1-29-18(17(23)24)3-2-10-14(7-18)25-8-15(10)30(27,28)26-13-6-11(19)9(4-12(13)20)5-16(21)22/h4,6,8,16-17,25-26H,2-3,5,7H2,1H3/t18-/m0/s1/i1D3. The van der Waals surface area contributed by atoms with E-state index in [0.717, 1.165) is 6.20 Å². The average molecular weight is 459 g/mol. The predicted octanol–water partition coefficient (Wildman–Crippen LogP) is 4.04.